The second-order valence-electron chi connectivity index (χ2n) is 15.4. The predicted octanol–water partition coefficient (Wildman–Crippen LogP) is 8.67. The van der Waals surface area contributed by atoms with Crippen molar-refractivity contribution in [2.45, 2.75) is 83.5 Å². The molecule has 0 radical (unpaired) electrons. The Hall–Kier alpha value is -4.21. The summed E-state index contributed by atoms with van der Waals surface area (Å²) in [7, 11) is 3.38. The lowest BCUT2D eigenvalue weighted by atomic mass is 9.71. The Morgan fingerprint density at radius 1 is 0.885 bits per heavy atom. The minimum atomic E-state index is -0.676. The van der Waals surface area contributed by atoms with Crippen molar-refractivity contribution in [1.29, 1.82) is 0 Å². The van der Waals surface area contributed by atoms with Crippen LogP contribution in [0, 0.1) is 17.7 Å². The first-order chi connectivity index (χ1) is 25.1. The van der Waals surface area contributed by atoms with Crippen molar-refractivity contribution in [2.75, 3.05) is 40.5 Å². The third kappa shape index (κ3) is 8.87. The first-order valence-electron chi connectivity index (χ1n) is 18.8. The quantitative estimate of drug-likeness (QED) is 0.123. The number of aryl methyl sites for hydroxylation is 1. The number of fused-ring (bicyclic) bond motifs is 1. The minimum absolute atomic E-state index is 0.000707. The van der Waals surface area contributed by atoms with Gasteiger partial charge >= 0.3 is 6.09 Å². The molecule has 2 heterocycles. The molecule has 0 N–H and O–H groups in total. The first-order valence-corrected chi connectivity index (χ1v) is 18.8. The number of hydrogen-bond acceptors (Lipinski definition) is 5. The fraction of sp³-hybridized carbons (Fsp3) is 0.488. The van der Waals surface area contributed by atoms with Crippen LogP contribution in [0.15, 0.2) is 79.0 Å². The summed E-state index contributed by atoms with van der Waals surface area (Å²) in [5.41, 5.74) is 4.22. The molecule has 2 aliphatic rings. The number of aromatic nitrogens is 1. The number of ether oxygens (including phenoxy) is 3. The normalized spacial score (nSPS) is 19.2. The minimum Gasteiger partial charge on any atom is -0.444 e. The van der Waals surface area contributed by atoms with E-state index < -0.39 is 17.6 Å². The van der Waals surface area contributed by atoms with Gasteiger partial charge in [0.15, 0.2) is 0 Å². The number of benzene rings is 3. The average Bonchev–Trinajstić information content (AvgIpc) is 3.91. The molecule has 52 heavy (non-hydrogen) atoms. The molecule has 1 aliphatic heterocycles. The molecule has 1 aromatic heterocycles. The molecule has 6 rings (SSSR count). The van der Waals surface area contributed by atoms with Crippen molar-refractivity contribution < 1.29 is 28.2 Å². The molecule has 9 heteroatoms. The van der Waals surface area contributed by atoms with E-state index in [1.807, 2.05) is 56.1 Å². The van der Waals surface area contributed by atoms with E-state index in [4.69, 9.17) is 14.2 Å². The van der Waals surface area contributed by atoms with Gasteiger partial charge in [-0.3, -0.25) is 4.79 Å². The summed E-state index contributed by atoms with van der Waals surface area (Å²) in [6.07, 6.45) is 5.77. The lowest BCUT2D eigenvalue weighted by Crippen LogP contribution is -2.54. The van der Waals surface area contributed by atoms with Gasteiger partial charge in [-0.1, -0.05) is 60.7 Å². The van der Waals surface area contributed by atoms with E-state index in [1.165, 1.54) is 6.07 Å². The highest BCUT2D eigenvalue weighted by Gasteiger charge is 2.47. The Balaban J connectivity index is 1.40. The number of amides is 2. The van der Waals surface area contributed by atoms with E-state index in [0.29, 0.717) is 38.2 Å². The van der Waals surface area contributed by atoms with Crippen LogP contribution in [0.2, 0.25) is 0 Å². The van der Waals surface area contributed by atoms with Gasteiger partial charge in [-0.05, 0) is 93.2 Å². The Kier molecular flexibility index (Phi) is 12.0. The number of rotatable bonds is 14. The van der Waals surface area contributed by atoms with Gasteiger partial charge in [-0.2, -0.15) is 0 Å². The highest BCUT2D eigenvalue weighted by Crippen LogP contribution is 2.44. The van der Waals surface area contributed by atoms with Crippen LogP contribution in [0.1, 0.15) is 69.9 Å². The molecule has 2 unspecified atom stereocenters. The van der Waals surface area contributed by atoms with E-state index in [1.54, 1.807) is 25.2 Å². The van der Waals surface area contributed by atoms with E-state index in [9.17, 15) is 4.79 Å². The maximum atomic E-state index is 15.6. The number of halogens is 1. The summed E-state index contributed by atoms with van der Waals surface area (Å²) < 4.78 is 34.3. The summed E-state index contributed by atoms with van der Waals surface area (Å²) in [4.78, 5) is 32.8. The lowest BCUT2D eigenvalue weighted by Gasteiger charge is -2.45. The standard InChI is InChI=1S/C43H54FN3O5/c1-43(2,3)52-42(49)46-26-33(17-11-23-50-4)39(32-16-9-15-31(25-32)30-13-7-6-8-14-30)36(29-46)41(48)47(35-20-21-35)28-34-27-45(22-12-24-51-5)38-19-10-18-37(44)40(34)38/h6-10,13-16,18-19,25,27,33,35-36,39H,11-12,17,20-24,26,28-29H2,1-5H3/t33?,36?,39-/m0/s1. The zero-order chi connectivity index (χ0) is 36.8. The lowest BCUT2D eigenvalue weighted by molar-refractivity contribution is -0.140. The molecular weight excluding hydrogens is 657 g/mol. The highest BCUT2D eigenvalue weighted by atomic mass is 19.1. The van der Waals surface area contributed by atoms with Crippen LogP contribution in [-0.4, -0.2) is 78.5 Å². The van der Waals surface area contributed by atoms with Crippen LogP contribution in [0.5, 0.6) is 0 Å². The predicted molar refractivity (Wildman–Crippen MR) is 202 cm³/mol. The second-order valence-corrected chi connectivity index (χ2v) is 15.4. The van der Waals surface area contributed by atoms with Crippen LogP contribution in [0.4, 0.5) is 9.18 Å². The van der Waals surface area contributed by atoms with Gasteiger partial charge in [0.2, 0.25) is 5.91 Å². The van der Waals surface area contributed by atoms with Gasteiger partial charge in [0.25, 0.3) is 0 Å². The molecule has 4 aromatic rings. The molecular formula is C43H54FN3O5. The van der Waals surface area contributed by atoms with Gasteiger partial charge in [-0.15, -0.1) is 0 Å². The molecule has 0 bridgehead atoms. The Morgan fingerprint density at radius 3 is 2.31 bits per heavy atom. The summed E-state index contributed by atoms with van der Waals surface area (Å²) in [6, 6.07) is 24.1. The molecule has 278 valence electrons. The maximum absolute atomic E-state index is 15.6. The van der Waals surface area contributed by atoms with Gasteiger partial charge in [0, 0.05) is 77.2 Å². The Bertz CT molecular complexity index is 1810. The molecule has 2 fully saturated rings. The fourth-order valence-corrected chi connectivity index (χ4v) is 7.93. The molecule has 2 amide bonds. The van der Waals surface area contributed by atoms with Crippen molar-refractivity contribution in [3.05, 3.63) is 95.9 Å². The van der Waals surface area contributed by atoms with Gasteiger partial charge in [0.1, 0.15) is 11.4 Å². The summed E-state index contributed by atoms with van der Waals surface area (Å²) in [5.74, 6) is -0.985. The molecule has 1 saturated heterocycles. The fourth-order valence-electron chi connectivity index (χ4n) is 7.93. The van der Waals surface area contributed by atoms with E-state index >= 15 is 9.18 Å². The van der Waals surface area contributed by atoms with Gasteiger partial charge in [-0.25, -0.2) is 9.18 Å². The SMILES string of the molecule is COCCCC1CN(C(=O)OC(C)(C)C)CC(C(=O)N(Cc2cn(CCCOC)c3cccc(F)c23)C2CC2)[C@H]1c1cccc(-c2ccccc2)c1. The zero-order valence-electron chi connectivity index (χ0n) is 31.4. The number of hydrogen-bond donors (Lipinski definition) is 0. The number of methoxy groups -OCH3 is 2. The van der Waals surface area contributed by atoms with Crippen molar-refractivity contribution >= 4 is 22.9 Å². The molecule has 3 atom stereocenters. The van der Waals surface area contributed by atoms with Crippen LogP contribution in [0.3, 0.4) is 0 Å². The van der Waals surface area contributed by atoms with Crippen LogP contribution < -0.4 is 0 Å². The average molecular weight is 712 g/mol. The third-order valence-corrected chi connectivity index (χ3v) is 10.4. The number of piperidine rings is 1. The number of nitrogens with zero attached hydrogens (tertiary/aromatic N) is 3. The van der Waals surface area contributed by atoms with E-state index in [0.717, 1.165) is 59.9 Å². The first kappa shape index (κ1) is 37.5. The van der Waals surface area contributed by atoms with Crippen LogP contribution in [0.25, 0.3) is 22.0 Å². The molecule has 1 aliphatic carbocycles. The van der Waals surface area contributed by atoms with Crippen molar-refractivity contribution in [3.63, 3.8) is 0 Å². The van der Waals surface area contributed by atoms with E-state index in [-0.39, 0.29) is 36.1 Å². The largest absolute Gasteiger partial charge is 0.444 e. The zero-order valence-corrected chi connectivity index (χ0v) is 31.4. The van der Waals surface area contributed by atoms with E-state index in [2.05, 4.69) is 41.0 Å². The van der Waals surface area contributed by atoms with Crippen molar-refractivity contribution in [3.8, 4) is 11.1 Å². The van der Waals surface area contributed by atoms with Crippen LogP contribution >= 0.6 is 0 Å². The van der Waals surface area contributed by atoms with Crippen molar-refractivity contribution in [1.82, 2.24) is 14.4 Å². The third-order valence-electron chi connectivity index (χ3n) is 10.4. The van der Waals surface area contributed by atoms with Gasteiger partial charge in [0.05, 0.1) is 11.4 Å². The molecule has 0 spiro atoms. The summed E-state index contributed by atoms with van der Waals surface area (Å²) >= 11 is 0. The smallest absolute Gasteiger partial charge is 0.410 e. The second kappa shape index (κ2) is 16.6. The highest BCUT2D eigenvalue weighted by molar-refractivity contribution is 5.86. The monoisotopic (exact) mass is 711 g/mol. The Morgan fingerprint density at radius 2 is 1.60 bits per heavy atom. The number of carbonyl (C=O) groups is 2. The topological polar surface area (TPSA) is 73.2 Å². The molecule has 8 nitrogen and oxygen atoms in total. The Labute approximate surface area is 307 Å². The number of likely N-dealkylation sites (tertiary alicyclic amines) is 1. The molecule has 1 saturated carbocycles. The maximum Gasteiger partial charge on any atom is 0.410 e. The summed E-state index contributed by atoms with van der Waals surface area (Å²) in [5, 5.41) is 0.557. The van der Waals surface area contributed by atoms with Crippen molar-refractivity contribution in [2.24, 2.45) is 11.8 Å². The molecule has 3 aromatic carbocycles. The summed E-state index contributed by atoms with van der Waals surface area (Å²) in [6.45, 7) is 8.49. The number of carbonyl (C=O) groups excluding carboxylic acids is 2. The van der Waals surface area contributed by atoms with Crippen LogP contribution in [-0.2, 0) is 32.1 Å². The van der Waals surface area contributed by atoms with Gasteiger partial charge < -0.3 is 28.6 Å².